The van der Waals surface area contributed by atoms with Gasteiger partial charge < -0.3 is 9.47 Å². The summed E-state index contributed by atoms with van der Waals surface area (Å²) in [5.74, 6) is -0.247. The third-order valence-corrected chi connectivity index (χ3v) is 3.87. The Kier molecular flexibility index (Phi) is 4.91. The van der Waals surface area contributed by atoms with Crippen LogP contribution in [0.1, 0.15) is 17.5 Å². The van der Waals surface area contributed by atoms with Gasteiger partial charge in [0.15, 0.2) is 5.13 Å². The van der Waals surface area contributed by atoms with E-state index in [4.69, 9.17) is 4.74 Å². The maximum atomic E-state index is 11.3. The average Bonchev–Trinajstić information content (AvgIpc) is 2.80. The predicted molar refractivity (Wildman–Crippen MR) is 73.8 cm³/mol. The smallest absolute Gasteiger partial charge is 0.413 e. The van der Waals surface area contributed by atoms with E-state index in [1.165, 1.54) is 18.4 Å². The molecule has 0 radical (unpaired) electrons. The number of ether oxygens (including phenoxy) is 2. The van der Waals surface area contributed by atoms with E-state index in [9.17, 15) is 9.59 Å². The van der Waals surface area contributed by atoms with Gasteiger partial charge in [-0.3, -0.25) is 15.0 Å². The highest BCUT2D eigenvalue weighted by atomic mass is 32.1. The molecule has 1 aromatic heterocycles. The van der Waals surface area contributed by atoms with Gasteiger partial charge in [0, 0.05) is 24.4 Å². The van der Waals surface area contributed by atoms with Crippen molar-refractivity contribution in [1.29, 1.82) is 0 Å². The highest BCUT2D eigenvalue weighted by Gasteiger charge is 2.23. The molecule has 0 aliphatic carbocycles. The number of amides is 1. The first kappa shape index (κ1) is 14.7. The monoisotopic (exact) mass is 299 g/mol. The molecule has 20 heavy (non-hydrogen) atoms. The molecule has 8 heteroatoms. The van der Waals surface area contributed by atoms with Crippen molar-refractivity contribution in [3.63, 3.8) is 0 Å². The Morgan fingerprint density at radius 1 is 1.50 bits per heavy atom. The molecule has 1 aromatic rings. The van der Waals surface area contributed by atoms with Gasteiger partial charge in [-0.1, -0.05) is 11.3 Å². The zero-order valence-corrected chi connectivity index (χ0v) is 12.3. The zero-order valence-electron chi connectivity index (χ0n) is 11.5. The lowest BCUT2D eigenvalue weighted by Crippen LogP contribution is -2.34. The molecule has 0 fully saturated rings. The number of carbonyl (C=O) groups is 2. The lowest BCUT2D eigenvalue weighted by Gasteiger charge is -2.24. The number of thiazole rings is 1. The maximum absolute atomic E-state index is 11.3. The average molecular weight is 299 g/mol. The number of hydrogen-bond acceptors (Lipinski definition) is 7. The fourth-order valence-corrected chi connectivity index (χ4v) is 2.97. The minimum Gasteiger partial charge on any atom is -0.468 e. The van der Waals surface area contributed by atoms with Crippen LogP contribution in [-0.4, -0.2) is 48.8 Å². The van der Waals surface area contributed by atoms with E-state index in [-0.39, 0.29) is 12.5 Å². The van der Waals surface area contributed by atoms with Crippen LogP contribution < -0.4 is 5.32 Å². The lowest BCUT2D eigenvalue weighted by molar-refractivity contribution is -0.142. The number of fused-ring (bicyclic) bond motifs is 1. The minimum atomic E-state index is -0.495. The predicted octanol–water partition coefficient (Wildman–Crippen LogP) is 1.24. The van der Waals surface area contributed by atoms with Gasteiger partial charge in [-0.2, -0.15) is 0 Å². The molecule has 1 aliphatic heterocycles. The van der Waals surface area contributed by atoms with Crippen LogP contribution in [-0.2, 0) is 27.2 Å². The number of methoxy groups -OCH3 is 1. The third kappa shape index (κ3) is 3.67. The topological polar surface area (TPSA) is 80.8 Å². The second kappa shape index (κ2) is 6.67. The quantitative estimate of drug-likeness (QED) is 0.843. The van der Waals surface area contributed by atoms with Gasteiger partial charge in [-0.25, -0.2) is 9.78 Å². The van der Waals surface area contributed by atoms with Gasteiger partial charge in [0.1, 0.15) is 0 Å². The summed E-state index contributed by atoms with van der Waals surface area (Å²) in [6.45, 7) is 3.74. The van der Waals surface area contributed by atoms with Crippen LogP contribution in [0, 0.1) is 0 Å². The van der Waals surface area contributed by atoms with Gasteiger partial charge in [-0.05, 0) is 6.92 Å². The largest absolute Gasteiger partial charge is 0.468 e. The minimum absolute atomic E-state index is 0.247. The highest BCUT2D eigenvalue weighted by Crippen LogP contribution is 2.28. The Morgan fingerprint density at radius 2 is 2.30 bits per heavy atom. The van der Waals surface area contributed by atoms with Gasteiger partial charge >= 0.3 is 12.1 Å². The summed E-state index contributed by atoms with van der Waals surface area (Å²) in [6.07, 6.45) is 0.262. The van der Waals surface area contributed by atoms with Crippen LogP contribution in [0.25, 0.3) is 0 Å². The molecule has 1 amide bonds. The van der Waals surface area contributed by atoms with Crippen molar-refractivity contribution in [2.75, 3.05) is 32.1 Å². The van der Waals surface area contributed by atoms with E-state index >= 15 is 0 Å². The SMILES string of the molecule is CCOC(=O)Nc1nc2c(s1)CN(CC(=O)OC)CC2. The van der Waals surface area contributed by atoms with Crippen LogP contribution in [0.2, 0.25) is 0 Å². The van der Waals surface area contributed by atoms with Gasteiger partial charge in [0.05, 0.1) is 26.0 Å². The molecular weight excluding hydrogens is 282 g/mol. The molecule has 2 heterocycles. The number of carbonyl (C=O) groups excluding carboxylic acids is 2. The van der Waals surface area contributed by atoms with Crippen molar-refractivity contribution in [2.24, 2.45) is 0 Å². The van der Waals surface area contributed by atoms with Crippen molar-refractivity contribution >= 4 is 28.5 Å². The van der Waals surface area contributed by atoms with Crippen molar-refractivity contribution in [2.45, 2.75) is 19.9 Å². The number of aromatic nitrogens is 1. The molecule has 0 atom stereocenters. The van der Waals surface area contributed by atoms with Crippen LogP contribution in [0.3, 0.4) is 0 Å². The number of esters is 1. The van der Waals surface area contributed by atoms with Crippen LogP contribution in [0.5, 0.6) is 0 Å². The standard InChI is InChI=1S/C12H17N3O4S/c1-3-19-12(17)14-11-13-8-4-5-15(6-9(8)20-11)7-10(16)18-2/h3-7H2,1-2H3,(H,13,14,17). The number of hydrogen-bond donors (Lipinski definition) is 1. The molecule has 0 saturated heterocycles. The van der Waals surface area contributed by atoms with E-state index in [2.05, 4.69) is 15.0 Å². The fraction of sp³-hybridized carbons (Fsp3) is 0.583. The van der Waals surface area contributed by atoms with Crippen LogP contribution >= 0.6 is 11.3 Å². The Labute approximate surface area is 120 Å². The fourth-order valence-electron chi connectivity index (χ4n) is 1.94. The number of anilines is 1. The summed E-state index contributed by atoms with van der Waals surface area (Å²) >= 11 is 1.41. The first-order chi connectivity index (χ1) is 9.62. The van der Waals surface area contributed by atoms with Gasteiger partial charge in [-0.15, -0.1) is 0 Å². The third-order valence-electron chi connectivity index (χ3n) is 2.88. The summed E-state index contributed by atoms with van der Waals surface area (Å²) in [7, 11) is 1.38. The van der Waals surface area contributed by atoms with E-state index in [1.54, 1.807) is 6.92 Å². The molecule has 1 aliphatic rings. The highest BCUT2D eigenvalue weighted by molar-refractivity contribution is 7.15. The molecular formula is C12H17N3O4S. The molecule has 0 aromatic carbocycles. The van der Waals surface area contributed by atoms with Crippen LogP contribution in [0.15, 0.2) is 0 Å². The number of rotatable bonds is 4. The Hall–Kier alpha value is -1.67. The van der Waals surface area contributed by atoms with E-state index in [0.717, 1.165) is 23.5 Å². The van der Waals surface area contributed by atoms with Crippen molar-refractivity contribution in [3.05, 3.63) is 10.6 Å². The lowest BCUT2D eigenvalue weighted by atomic mass is 10.2. The summed E-state index contributed by atoms with van der Waals surface area (Å²) in [6, 6.07) is 0. The zero-order chi connectivity index (χ0) is 14.5. The Morgan fingerprint density at radius 3 is 3.00 bits per heavy atom. The molecule has 0 bridgehead atoms. The second-order valence-corrected chi connectivity index (χ2v) is 5.35. The molecule has 0 unspecified atom stereocenters. The molecule has 2 rings (SSSR count). The number of nitrogens with zero attached hydrogens (tertiary/aromatic N) is 2. The molecule has 0 saturated carbocycles. The van der Waals surface area contributed by atoms with Gasteiger partial charge in [0.2, 0.25) is 0 Å². The van der Waals surface area contributed by atoms with Crippen molar-refractivity contribution in [3.8, 4) is 0 Å². The maximum Gasteiger partial charge on any atom is 0.413 e. The summed E-state index contributed by atoms with van der Waals surface area (Å²) in [4.78, 5) is 30.0. The summed E-state index contributed by atoms with van der Waals surface area (Å²) in [5.41, 5.74) is 0.975. The van der Waals surface area contributed by atoms with E-state index in [0.29, 0.717) is 18.3 Å². The Bertz CT molecular complexity index is 503. The summed E-state index contributed by atoms with van der Waals surface area (Å²) < 4.78 is 9.47. The van der Waals surface area contributed by atoms with Gasteiger partial charge in [0.25, 0.3) is 0 Å². The van der Waals surface area contributed by atoms with E-state index in [1.807, 2.05) is 4.90 Å². The first-order valence-corrected chi connectivity index (χ1v) is 7.15. The molecule has 110 valence electrons. The van der Waals surface area contributed by atoms with E-state index < -0.39 is 6.09 Å². The van der Waals surface area contributed by atoms with Crippen molar-refractivity contribution < 1.29 is 19.1 Å². The molecule has 1 N–H and O–H groups in total. The first-order valence-electron chi connectivity index (χ1n) is 6.34. The molecule has 0 spiro atoms. The Balaban J connectivity index is 1.97. The second-order valence-electron chi connectivity index (χ2n) is 4.27. The van der Waals surface area contributed by atoms with Crippen LogP contribution in [0.4, 0.5) is 9.93 Å². The number of nitrogens with one attached hydrogen (secondary N) is 1. The molecule has 7 nitrogen and oxygen atoms in total. The normalized spacial score (nSPS) is 14.5. The van der Waals surface area contributed by atoms with Crippen molar-refractivity contribution in [1.82, 2.24) is 9.88 Å². The summed E-state index contributed by atoms with van der Waals surface area (Å²) in [5, 5.41) is 3.14.